The minimum Gasteiger partial charge on any atom is -0.444 e. The highest BCUT2D eigenvalue weighted by Gasteiger charge is 2.27. The van der Waals surface area contributed by atoms with Crippen molar-refractivity contribution in [1.82, 2.24) is 4.90 Å². The average molecular weight is 332 g/mol. The number of carbonyl (C=O) groups excluding carboxylic acids is 1. The number of amides is 1. The van der Waals surface area contributed by atoms with E-state index < -0.39 is 5.60 Å². The van der Waals surface area contributed by atoms with Gasteiger partial charge in [0.05, 0.1) is 13.2 Å². The standard InChI is InChI=1S/C19H28N2O3/c1-19(2,3)24-18(22)21-9-7-15-5-4-6-17(16(15)12-21)20-11-14-8-10-23-13-14/h4-6,14,20H,7-13H2,1-3H3. The molecule has 0 bridgehead atoms. The maximum Gasteiger partial charge on any atom is 0.410 e. The molecule has 1 aromatic rings. The average Bonchev–Trinajstić information content (AvgIpc) is 3.04. The molecular weight excluding hydrogens is 304 g/mol. The van der Waals surface area contributed by atoms with Crippen LogP contribution >= 0.6 is 0 Å². The van der Waals surface area contributed by atoms with Crippen molar-refractivity contribution >= 4 is 11.8 Å². The number of anilines is 1. The van der Waals surface area contributed by atoms with E-state index in [9.17, 15) is 4.79 Å². The molecule has 132 valence electrons. The van der Waals surface area contributed by atoms with Gasteiger partial charge in [-0.15, -0.1) is 0 Å². The summed E-state index contributed by atoms with van der Waals surface area (Å²) in [7, 11) is 0. The van der Waals surface area contributed by atoms with Crippen LogP contribution in [0, 0.1) is 5.92 Å². The Bertz CT molecular complexity index is 589. The third-order valence-electron chi connectivity index (χ3n) is 4.53. The fourth-order valence-corrected chi connectivity index (χ4v) is 3.23. The largest absolute Gasteiger partial charge is 0.444 e. The normalized spacial score (nSPS) is 20.6. The summed E-state index contributed by atoms with van der Waals surface area (Å²) in [5, 5.41) is 3.56. The number of nitrogens with zero attached hydrogens (tertiary/aromatic N) is 1. The number of fused-ring (bicyclic) bond motifs is 1. The second kappa shape index (κ2) is 7.01. The summed E-state index contributed by atoms with van der Waals surface area (Å²) in [6.07, 6.45) is 1.76. The number of benzene rings is 1. The van der Waals surface area contributed by atoms with Crippen molar-refractivity contribution in [3.05, 3.63) is 29.3 Å². The van der Waals surface area contributed by atoms with E-state index >= 15 is 0 Å². The van der Waals surface area contributed by atoms with E-state index in [1.54, 1.807) is 4.90 Å². The number of rotatable bonds is 3. The second-order valence-corrected chi connectivity index (χ2v) is 7.71. The van der Waals surface area contributed by atoms with Crippen LogP contribution in [-0.2, 0) is 22.4 Å². The molecule has 0 radical (unpaired) electrons. The molecule has 1 N–H and O–H groups in total. The van der Waals surface area contributed by atoms with E-state index in [-0.39, 0.29) is 6.09 Å². The van der Waals surface area contributed by atoms with Crippen molar-refractivity contribution in [2.45, 2.75) is 45.8 Å². The Balaban J connectivity index is 1.68. The van der Waals surface area contributed by atoms with Gasteiger partial charge in [-0.2, -0.15) is 0 Å². The SMILES string of the molecule is CC(C)(C)OC(=O)N1CCc2cccc(NCC3CCOC3)c2C1. The van der Waals surface area contributed by atoms with Gasteiger partial charge >= 0.3 is 6.09 Å². The van der Waals surface area contributed by atoms with Crippen LogP contribution in [0.2, 0.25) is 0 Å². The van der Waals surface area contributed by atoms with Crippen LogP contribution in [0.1, 0.15) is 38.3 Å². The maximum absolute atomic E-state index is 12.4. The van der Waals surface area contributed by atoms with Gasteiger partial charge in [0.2, 0.25) is 0 Å². The van der Waals surface area contributed by atoms with E-state index in [2.05, 4.69) is 23.5 Å². The molecule has 1 aromatic carbocycles. The molecule has 1 unspecified atom stereocenters. The van der Waals surface area contributed by atoms with Crippen molar-refractivity contribution in [3.8, 4) is 0 Å². The lowest BCUT2D eigenvalue weighted by atomic mass is 9.97. The van der Waals surface area contributed by atoms with Crippen molar-refractivity contribution in [3.63, 3.8) is 0 Å². The Labute approximate surface area is 144 Å². The predicted octanol–water partition coefficient (Wildman–Crippen LogP) is 3.43. The van der Waals surface area contributed by atoms with Gasteiger partial charge in [-0.1, -0.05) is 12.1 Å². The van der Waals surface area contributed by atoms with Crippen LogP contribution in [0.3, 0.4) is 0 Å². The zero-order valence-electron chi connectivity index (χ0n) is 14.9. The third-order valence-corrected chi connectivity index (χ3v) is 4.53. The van der Waals surface area contributed by atoms with E-state index in [1.165, 1.54) is 11.1 Å². The molecule has 2 heterocycles. The molecule has 0 aromatic heterocycles. The van der Waals surface area contributed by atoms with Gasteiger partial charge < -0.3 is 19.7 Å². The molecule has 0 aliphatic carbocycles. The lowest BCUT2D eigenvalue weighted by molar-refractivity contribution is 0.0224. The van der Waals surface area contributed by atoms with Crippen molar-refractivity contribution < 1.29 is 14.3 Å². The zero-order valence-corrected chi connectivity index (χ0v) is 14.9. The summed E-state index contributed by atoms with van der Waals surface area (Å²) in [6.45, 7) is 9.65. The summed E-state index contributed by atoms with van der Waals surface area (Å²) in [5.41, 5.74) is 3.21. The minimum absolute atomic E-state index is 0.229. The molecule has 1 amide bonds. The van der Waals surface area contributed by atoms with Crippen molar-refractivity contribution in [2.24, 2.45) is 5.92 Å². The smallest absolute Gasteiger partial charge is 0.410 e. The van der Waals surface area contributed by atoms with E-state index in [4.69, 9.17) is 9.47 Å². The fraction of sp³-hybridized carbons (Fsp3) is 0.632. The first-order chi connectivity index (χ1) is 11.4. The quantitative estimate of drug-likeness (QED) is 0.921. The molecule has 5 heteroatoms. The minimum atomic E-state index is -0.461. The highest BCUT2D eigenvalue weighted by molar-refractivity contribution is 5.69. The van der Waals surface area contributed by atoms with Gasteiger partial charge in [0.15, 0.2) is 0 Å². The summed E-state index contributed by atoms with van der Waals surface area (Å²) >= 11 is 0. The molecule has 1 fully saturated rings. The number of nitrogens with one attached hydrogen (secondary N) is 1. The second-order valence-electron chi connectivity index (χ2n) is 7.71. The number of ether oxygens (including phenoxy) is 2. The molecule has 0 spiro atoms. The molecule has 5 nitrogen and oxygen atoms in total. The van der Waals surface area contributed by atoms with Crippen LogP contribution in [0.4, 0.5) is 10.5 Å². The molecule has 2 aliphatic heterocycles. The monoisotopic (exact) mass is 332 g/mol. The Kier molecular flexibility index (Phi) is 4.99. The molecular formula is C19H28N2O3. The van der Waals surface area contributed by atoms with Gasteiger partial charge in [-0.3, -0.25) is 0 Å². The first-order valence-corrected chi connectivity index (χ1v) is 8.83. The van der Waals surface area contributed by atoms with Crippen LogP contribution in [0.25, 0.3) is 0 Å². The summed E-state index contributed by atoms with van der Waals surface area (Å²) in [5.74, 6) is 0.575. The lowest BCUT2D eigenvalue weighted by Gasteiger charge is -2.32. The van der Waals surface area contributed by atoms with E-state index in [0.717, 1.165) is 38.3 Å². The first-order valence-electron chi connectivity index (χ1n) is 8.83. The number of carbonyl (C=O) groups is 1. The Morgan fingerprint density at radius 2 is 2.25 bits per heavy atom. The number of hydrogen-bond acceptors (Lipinski definition) is 4. The van der Waals surface area contributed by atoms with Crippen LogP contribution < -0.4 is 5.32 Å². The highest BCUT2D eigenvalue weighted by atomic mass is 16.6. The van der Waals surface area contributed by atoms with Crippen LogP contribution in [0.15, 0.2) is 18.2 Å². The van der Waals surface area contributed by atoms with Gasteiger partial charge in [0.25, 0.3) is 0 Å². The van der Waals surface area contributed by atoms with Gasteiger partial charge in [0.1, 0.15) is 5.60 Å². The summed E-state index contributed by atoms with van der Waals surface area (Å²) in [4.78, 5) is 14.2. The number of hydrogen-bond donors (Lipinski definition) is 1. The zero-order chi connectivity index (χ0) is 17.2. The van der Waals surface area contributed by atoms with Gasteiger partial charge in [-0.25, -0.2) is 4.79 Å². The Morgan fingerprint density at radius 3 is 2.96 bits per heavy atom. The predicted molar refractivity (Wildman–Crippen MR) is 94.2 cm³/mol. The van der Waals surface area contributed by atoms with Gasteiger partial charge in [-0.05, 0) is 50.8 Å². The summed E-state index contributed by atoms with van der Waals surface area (Å²) < 4.78 is 11.0. The lowest BCUT2D eigenvalue weighted by Crippen LogP contribution is -2.40. The Hall–Kier alpha value is -1.75. The maximum atomic E-state index is 12.4. The van der Waals surface area contributed by atoms with E-state index in [1.807, 2.05) is 20.8 Å². The topological polar surface area (TPSA) is 50.8 Å². The Morgan fingerprint density at radius 1 is 1.42 bits per heavy atom. The molecule has 2 aliphatic rings. The van der Waals surface area contributed by atoms with Crippen LogP contribution in [-0.4, -0.2) is 42.9 Å². The molecule has 1 saturated heterocycles. The first kappa shape index (κ1) is 17.1. The molecule has 3 rings (SSSR count). The van der Waals surface area contributed by atoms with Crippen molar-refractivity contribution in [2.75, 3.05) is 31.6 Å². The van der Waals surface area contributed by atoms with Crippen LogP contribution in [0.5, 0.6) is 0 Å². The highest BCUT2D eigenvalue weighted by Crippen LogP contribution is 2.28. The molecule has 0 saturated carbocycles. The summed E-state index contributed by atoms with van der Waals surface area (Å²) in [6, 6.07) is 6.36. The van der Waals surface area contributed by atoms with Crippen molar-refractivity contribution in [1.29, 1.82) is 0 Å². The molecule has 24 heavy (non-hydrogen) atoms. The molecule has 1 atom stereocenters. The van der Waals surface area contributed by atoms with E-state index in [0.29, 0.717) is 19.0 Å². The third kappa shape index (κ3) is 4.20. The fourth-order valence-electron chi connectivity index (χ4n) is 3.23. The van der Waals surface area contributed by atoms with Gasteiger partial charge in [0, 0.05) is 31.3 Å².